The van der Waals surface area contributed by atoms with Gasteiger partial charge in [-0.05, 0) is 25.5 Å². The zero-order valence-corrected chi connectivity index (χ0v) is 16.0. The topological polar surface area (TPSA) is 64.4 Å². The van der Waals surface area contributed by atoms with Gasteiger partial charge in [-0.25, -0.2) is 4.79 Å². The van der Waals surface area contributed by atoms with Crippen LogP contribution in [-0.2, 0) is 27.9 Å². The molecular weight excluding hydrogens is 354 g/mol. The Morgan fingerprint density at radius 1 is 1.35 bits per heavy atom. The van der Waals surface area contributed by atoms with Gasteiger partial charge >= 0.3 is 5.97 Å². The summed E-state index contributed by atoms with van der Waals surface area (Å²) in [6, 6.07) is 9.60. The standard InChI is InChI=1S/C19H22ClN3O3/c1-13-16(18(20)23(4)21-13)10-11-17(24)26-14(2)19(25)22(3)12-15-8-6-5-7-9-15/h5-11,14H,12H2,1-4H3/b11-10+. The Kier molecular flexibility index (Phi) is 6.58. The molecule has 0 spiro atoms. The van der Waals surface area contributed by atoms with Gasteiger partial charge in [-0.15, -0.1) is 0 Å². The smallest absolute Gasteiger partial charge is 0.331 e. The Labute approximate surface area is 158 Å². The normalized spacial score (nSPS) is 12.2. The van der Waals surface area contributed by atoms with E-state index in [1.807, 2.05) is 30.3 Å². The lowest BCUT2D eigenvalue weighted by Crippen LogP contribution is -2.36. The number of amides is 1. The van der Waals surface area contributed by atoms with Gasteiger partial charge < -0.3 is 9.64 Å². The molecule has 0 aliphatic heterocycles. The predicted molar refractivity (Wildman–Crippen MR) is 100 cm³/mol. The van der Waals surface area contributed by atoms with Crippen molar-refractivity contribution in [2.24, 2.45) is 7.05 Å². The van der Waals surface area contributed by atoms with Crippen molar-refractivity contribution in [3.63, 3.8) is 0 Å². The third-order valence-corrected chi connectivity index (χ3v) is 4.31. The highest BCUT2D eigenvalue weighted by molar-refractivity contribution is 6.31. The van der Waals surface area contributed by atoms with Crippen LogP contribution in [0.5, 0.6) is 0 Å². The number of carbonyl (C=O) groups excluding carboxylic acids is 2. The minimum Gasteiger partial charge on any atom is -0.449 e. The molecule has 138 valence electrons. The first kappa shape index (κ1) is 19.7. The van der Waals surface area contributed by atoms with Gasteiger partial charge in [0.1, 0.15) is 5.15 Å². The third kappa shape index (κ3) is 4.95. The molecule has 0 aliphatic carbocycles. The zero-order valence-electron chi connectivity index (χ0n) is 15.3. The maximum Gasteiger partial charge on any atom is 0.331 e. The fraction of sp³-hybridized carbons (Fsp3) is 0.316. The van der Waals surface area contributed by atoms with Crippen LogP contribution in [0.1, 0.15) is 23.7 Å². The van der Waals surface area contributed by atoms with E-state index in [1.54, 1.807) is 27.9 Å². The van der Waals surface area contributed by atoms with Crippen molar-refractivity contribution >= 4 is 29.6 Å². The average molecular weight is 376 g/mol. The molecule has 2 rings (SSSR count). The number of halogens is 1. The summed E-state index contributed by atoms with van der Waals surface area (Å²) in [5.41, 5.74) is 2.35. The molecule has 26 heavy (non-hydrogen) atoms. The van der Waals surface area contributed by atoms with Crippen molar-refractivity contribution in [3.8, 4) is 0 Å². The summed E-state index contributed by atoms with van der Waals surface area (Å²) in [4.78, 5) is 25.9. The molecule has 6 nitrogen and oxygen atoms in total. The number of aromatic nitrogens is 2. The van der Waals surface area contributed by atoms with Crippen LogP contribution in [0.3, 0.4) is 0 Å². The van der Waals surface area contributed by atoms with Gasteiger partial charge in [0.15, 0.2) is 6.10 Å². The second kappa shape index (κ2) is 8.67. The molecule has 2 aromatic rings. The van der Waals surface area contributed by atoms with E-state index < -0.39 is 12.1 Å². The van der Waals surface area contributed by atoms with Crippen LogP contribution in [-0.4, -0.2) is 39.7 Å². The summed E-state index contributed by atoms with van der Waals surface area (Å²) in [7, 11) is 3.39. The molecule has 0 bridgehead atoms. The minimum absolute atomic E-state index is 0.272. The molecule has 0 aliphatic rings. The summed E-state index contributed by atoms with van der Waals surface area (Å²) in [5, 5.41) is 4.59. The first-order valence-corrected chi connectivity index (χ1v) is 8.54. The predicted octanol–water partition coefficient (Wildman–Crippen LogP) is 2.99. The number of nitrogens with zero attached hydrogens (tertiary/aromatic N) is 3. The van der Waals surface area contributed by atoms with Crippen LogP contribution in [0.15, 0.2) is 36.4 Å². The van der Waals surface area contributed by atoms with E-state index in [0.717, 1.165) is 5.56 Å². The van der Waals surface area contributed by atoms with Crippen molar-refractivity contribution in [1.29, 1.82) is 0 Å². The third-order valence-electron chi connectivity index (χ3n) is 3.86. The number of carbonyl (C=O) groups is 2. The minimum atomic E-state index is -0.883. The Morgan fingerprint density at radius 2 is 2.00 bits per heavy atom. The Balaban J connectivity index is 1.93. The molecule has 0 fully saturated rings. The molecule has 0 radical (unpaired) electrons. The summed E-state index contributed by atoms with van der Waals surface area (Å²) in [6.45, 7) is 3.79. The SMILES string of the molecule is Cc1nn(C)c(Cl)c1/C=C/C(=O)OC(C)C(=O)N(C)Cc1ccccc1. The largest absolute Gasteiger partial charge is 0.449 e. The number of ether oxygens (including phenoxy) is 1. The first-order valence-electron chi connectivity index (χ1n) is 8.16. The molecule has 0 N–H and O–H groups in total. The molecule has 0 saturated carbocycles. The lowest BCUT2D eigenvalue weighted by atomic mass is 10.2. The van der Waals surface area contributed by atoms with Gasteiger partial charge in [-0.2, -0.15) is 5.10 Å². The van der Waals surface area contributed by atoms with Crippen LogP contribution < -0.4 is 0 Å². The van der Waals surface area contributed by atoms with Gasteiger partial charge in [0.05, 0.1) is 5.69 Å². The van der Waals surface area contributed by atoms with Crippen LogP contribution in [0.4, 0.5) is 0 Å². The van der Waals surface area contributed by atoms with Gasteiger partial charge in [-0.1, -0.05) is 41.9 Å². The molecule has 1 unspecified atom stereocenters. The molecule has 7 heteroatoms. The second-order valence-electron chi connectivity index (χ2n) is 6.01. The van der Waals surface area contributed by atoms with E-state index in [0.29, 0.717) is 23.0 Å². The number of hydrogen-bond donors (Lipinski definition) is 0. The van der Waals surface area contributed by atoms with Crippen LogP contribution in [0.2, 0.25) is 5.15 Å². The number of hydrogen-bond acceptors (Lipinski definition) is 4. The Morgan fingerprint density at radius 3 is 2.58 bits per heavy atom. The van der Waals surface area contributed by atoms with Gasteiger partial charge in [0.2, 0.25) is 0 Å². The summed E-state index contributed by atoms with van der Waals surface area (Å²) in [5.74, 6) is -0.885. The maximum absolute atomic E-state index is 12.4. The highest BCUT2D eigenvalue weighted by Crippen LogP contribution is 2.20. The van der Waals surface area contributed by atoms with E-state index >= 15 is 0 Å². The van der Waals surface area contributed by atoms with E-state index in [4.69, 9.17) is 16.3 Å². The lowest BCUT2D eigenvalue weighted by Gasteiger charge is -2.21. The number of aryl methyl sites for hydroxylation is 2. The van der Waals surface area contributed by atoms with Gasteiger partial charge in [-0.3, -0.25) is 9.48 Å². The summed E-state index contributed by atoms with van der Waals surface area (Å²) >= 11 is 6.11. The molecule has 1 aromatic carbocycles. The molecule has 1 atom stereocenters. The van der Waals surface area contributed by atoms with Gasteiger partial charge in [0, 0.05) is 32.3 Å². The van der Waals surface area contributed by atoms with Crippen molar-refractivity contribution in [2.45, 2.75) is 26.5 Å². The highest BCUT2D eigenvalue weighted by Gasteiger charge is 2.21. The van der Waals surface area contributed by atoms with Crippen molar-refractivity contribution in [2.75, 3.05) is 7.05 Å². The quantitative estimate of drug-likeness (QED) is 0.575. The summed E-state index contributed by atoms with van der Waals surface area (Å²) < 4.78 is 6.71. The first-order chi connectivity index (χ1) is 12.3. The monoisotopic (exact) mass is 375 g/mol. The van der Waals surface area contributed by atoms with Crippen LogP contribution >= 0.6 is 11.6 Å². The summed E-state index contributed by atoms with van der Waals surface area (Å²) in [6.07, 6.45) is 1.90. The molecule has 1 amide bonds. The molecular formula is C19H22ClN3O3. The number of benzene rings is 1. The average Bonchev–Trinajstić information content (AvgIpc) is 2.85. The highest BCUT2D eigenvalue weighted by atomic mass is 35.5. The van der Waals surface area contributed by atoms with E-state index in [1.165, 1.54) is 21.7 Å². The number of esters is 1. The molecule has 1 aromatic heterocycles. The Bertz CT molecular complexity index is 815. The Hall–Kier alpha value is -2.60. The van der Waals surface area contributed by atoms with Gasteiger partial charge in [0.25, 0.3) is 5.91 Å². The second-order valence-corrected chi connectivity index (χ2v) is 6.36. The number of rotatable bonds is 6. The van der Waals surface area contributed by atoms with E-state index in [-0.39, 0.29) is 5.91 Å². The molecule has 0 saturated heterocycles. The van der Waals surface area contributed by atoms with E-state index in [9.17, 15) is 9.59 Å². The van der Waals surface area contributed by atoms with Crippen molar-refractivity contribution in [3.05, 3.63) is 58.4 Å². The lowest BCUT2D eigenvalue weighted by molar-refractivity contribution is -0.154. The zero-order chi connectivity index (χ0) is 19.3. The van der Waals surface area contributed by atoms with Crippen molar-refractivity contribution in [1.82, 2.24) is 14.7 Å². The van der Waals surface area contributed by atoms with Crippen LogP contribution in [0, 0.1) is 6.92 Å². The fourth-order valence-corrected chi connectivity index (χ4v) is 2.73. The van der Waals surface area contributed by atoms with Crippen LogP contribution in [0.25, 0.3) is 6.08 Å². The number of likely N-dealkylation sites (N-methyl/N-ethyl adjacent to an activating group) is 1. The fourth-order valence-electron chi connectivity index (χ4n) is 2.50. The van der Waals surface area contributed by atoms with E-state index in [2.05, 4.69) is 5.10 Å². The maximum atomic E-state index is 12.4. The van der Waals surface area contributed by atoms with Crippen molar-refractivity contribution < 1.29 is 14.3 Å². The molecule has 1 heterocycles.